The van der Waals surface area contributed by atoms with Gasteiger partial charge in [0.15, 0.2) is 11.5 Å². The van der Waals surface area contributed by atoms with E-state index in [9.17, 15) is 0 Å². The molecule has 0 fully saturated rings. The molecule has 40 heavy (non-hydrogen) atoms. The fraction of sp³-hybridized carbons (Fsp3) is 0. The number of rotatable bonds is 2. The molecule has 0 amide bonds. The van der Waals surface area contributed by atoms with Crippen LogP contribution in [-0.2, 0) is 0 Å². The van der Waals surface area contributed by atoms with Crippen LogP contribution in [0.2, 0.25) is 0 Å². The van der Waals surface area contributed by atoms with E-state index in [4.69, 9.17) is 18.6 Å². The van der Waals surface area contributed by atoms with E-state index >= 15 is 0 Å². The van der Waals surface area contributed by atoms with E-state index in [1.807, 2.05) is 66.7 Å². The molecular formula is C36H20O4. The summed E-state index contributed by atoms with van der Waals surface area (Å²) in [5, 5.41) is 4.44. The van der Waals surface area contributed by atoms with E-state index in [2.05, 4.69) is 54.6 Å². The van der Waals surface area contributed by atoms with Gasteiger partial charge in [-0.05, 0) is 76.9 Å². The molecule has 0 N–H and O–H groups in total. The summed E-state index contributed by atoms with van der Waals surface area (Å²) in [7, 11) is 0. The van der Waals surface area contributed by atoms with Crippen LogP contribution in [0, 0.1) is 0 Å². The third kappa shape index (κ3) is 3.07. The summed E-state index contributed by atoms with van der Waals surface area (Å²) in [5.41, 5.74) is 9.93. The third-order valence-electron chi connectivity index (χ3n) is 7.89. The molecule has 4 heteroatoms. The average molecular weight is 517 g/mol. The lowest BCUT2D eigenvalue weighted by atomic mass is 9.93. The number of para-hydroxylation sites is 2. The SMILES string of the molecule is c1ccc2c(c1)oc1ccc(-c3ccc4c(c3)-c3cc(-c5cccc6oc7ccccc7c56)ccc3OO4)cc12. The van der Waals surface area contributed by atoms with Gasteiger partial charge in [0.25, 0.3) is 0 Å². The van der Waals surface area contributed by atoms with Crippen LogP contribution in [0.15, 0.2) is 130 Å². The van der Waals surface area contributed by atoms with Crippen molar-refractivity contribution >= 4 is 43.9 Å². The molecule has 0 radical (unpaired) electrons. The summed E-state index contributed by atoms with van der Waals surface area (Å²) < 4.78 is 12.2. The predicted octanol–water partition coefficient (Wildman–Crippen LogP) is 10.2. The molecule has 0 unspecified atom stereocenters. The van der Waals surface area contributed by atoms with Crippen LogP contribution in [0.5, 0.6) is 11.5 Å². The first kappa shape index (κ1) is 21.5. The number of hydrogen-bond donors (Lipinski definition) is 0. The van der Waals surface area contributed by atoms with Crippen molar-refractivity contribution in [3.05, 3.63) is 121 Å². The highest BCUT2D eigenvalue weighted by Gasteiger charge is 2.22. The van der Waals surface area contributed by atoms with E-state index in [1.54, 1.807) is 0 Å². The van der Waals surface area contributed by atoms with Crippen LogP contribution in [0.4, 0.5) is 0 Å². The molecule has 1 aliphatic rings. The van der Waals surface area contributed by atoms with Crippen molar-refractivity contribution in [2.75, 3.05) is 0 Å². The topological polar surface area (TPSA) is 44.7 Å². The Kier molecular flexibility index (Phi) is 4.30. The Bertz CT molecular complexity index is 2280. The zero-order valence-electron chi connectivity index (χ0n) is 21.2. The fourth-order valence-corrected chi connectivity index (χ4v) is 5.98. The van der Waals surface area contributed by atoms with E-state index < -0.39 is 0 Å². The summed E-state index contributed by atoms with van der Waals surface area (Å²) >= 11 is 0. The molecule has 9 rings (SSSR count). The van der Waals surface area contributed by atoms with Gasteiger partial charge in [-0.15, -0.1) is 0 Å². The van der Waals surface area contributed by atoms with Gasteiger partial charge in [-0.2, -0.15) is 0 Å². The molecule has 3 heterocycles. The van der Waals surface area contributed by atoms with Gasteiger partial charge < -0.3 is 8.83 Å². The van der Waals surface area contributed by atoms with Crippen molar-refractivity contribution in [2.24, 2.45) is 0 Å². The number of fused-ring (bicyclic) bond motifs is 9. The second-order valence-electron chi connectivity index (χ2n) is 10.2. The molecule has 0 saturated heterocycles. The highest BCUT2D eigenvalue weighted by Crippen LogP contribution is 2.46. The summed E-state index contributed by atoms with van der Waals surface area (Å²) in [4.78, 5) is 11.4. The zero-order valence-corrected chi connectivity index (χ0v) is 21.2. The van der Waals surface area contributed by atoms with E-state index in [-0.39, 0.29) is 0 Å². The monoisotopic (exact) mass is 516 g/mol. The molecule has 0 saturated carbocycles. The molecule has 6 aromatic carbocycles. The maximum atomic E-state index is 6.15. The molecule has 2 aromatic heterocycles. The zero-order chi connectivity index (χ0) is 26.2. The molecule has 188 valence electrons. The normalized spacial score (nSPS) is 12.4. The first-order valence-electron chi connectivity index (χ1n) is 13.3. The Labute approximate surface area is 228 Å². The largest absolute Gasteiger partial charge is 0.456 e. The molecule has 8 aromatic rings. The van der Waals surface area contributed by atoms with Crippen molar-refractivity contribution in [3.8, 4) is 44.9 Å². The van der Waals surface area contributed by atoms with E-state index in [1.165, 1.54) is 0 Å². The van der Waals surface area contributed by atoms with Crippen molar-refractivity contribution < 1.29 is 18.6 Å². The van der Waals surface area contributed by atoms with Crippen molar-refractivity contribution in [2.45, 2.75) is 0 Å². The second-order valence-corrected chi connectivity index (χ2v) is 10.2. The summed E-state index contributed by atoms with van der Waals surface area (Å²) in [5.74, 6) is 1.38. The van der Waals surface area contributed by atoms with Crippen LogP contribution in [-0.4, -0.2) is 0 Å². The second kappa shape index (κ2) is 8.01. The van der Waals surface area contributed by atoms with Crippen molar-refractivity contribution in [1.82, 2.24) is 0 Å². The van der Waals surface area contributed by atoms with E-state index in [0.717, 1.165) is 77.3 Å². The molecular weight excluding hydrogens is 496 g/mol. The van der Waals surface area contributed by atoms with Gasteiger partial charge >= 0.3 is 0 Å². The van der Waals surface area contributed by atoms with Gasteiger partial charge in [0.05, 0.1) is 0 Å². The molecule has 0 bridgehead atoms. The molecule has 0 spiro atoms. The molecule has 0 atom stereocenters. The Morgan fingerprint density at radius 2 is 0.925 bits per heavy atom. The van der Waals surface area contributed by atoms with Gasteiger partial charge in [0.2, 0.25) is 0 Å². The summed E-state index contributed by atoms with van der Waals surface area (Å²) in [6, 6.07) is 41.3. The van der Waals surface area contributed by atoms with Crippen LogP contribution < -0.4 is 9.78 Å². The third-order valence-corrected chi connectivity index (χ3v) is 7.89. The van der Waals surface area contributed by atoms with Crippen LogP contribution in [0.3, 0.4) is 0 Å². The van der Waals surface area contributed by atoms with Crippen LogP contribution in [0.1, 0.15) is 0 Å². The first-order valence-corrected chi connectivity index (χ1v) is 13.3. The maximum Gasteiger partial charge on any atom is 0.186 e. The minimum atomic E-state index is 0.689. The summed E-state index contributed by atoms with van der Waals surface area (Å²) in [6.07, 6.45) is 0. The Morgan fingerprint density at radius 3 is 1.75 bits per heavy atom. The fourth-order valence-electron chi connectivity index (χ4n) is 5.98. The van der Waals surface area contributed by atoms with Gasteiger partial charge in [0, 0.05) is 32.7 Å². The number of furan rings is 2. The molecule has 4 nitrogen and oxygen atoms in total. The Hall–Kier alpha value is -5.48. The maximum absolute atomic E-state index is 6.15. The Balaban J connectivity index is 1.21. The van der Waals surface area contributed by atoms with E-state index in [0.29, 0.717) is 11.5 Å². The predicted molar refractivity (Wildman–Crippen MR) is 159 cm³/mol. The highest BCUT2D eigenvalue weighted by molar-refractivity contribution is 6.12. The lowest BCUT2D eigenvalue weighted by Crippen LogP contribution is -2.08. The van der Waals surface area contributed by atoms with Gasteiger partial charge in [-0.1, -0.05) is 66.7 Å². The first-order chi connectivity index (χ1) is 19.8. The van der Waals surface area contributed by atoms with Gasteiger partial charge in [-0.25, -0.2) is 0 Å². The number of hydrogen-bond acceptors (Lipinski definition) is 4. The van der Waals surface area contributed by atoms with Gasteiger partial charge in [0.1, 0.15) is 22.3 Å². The van der Waals surface area contributed by atoms with Crippen LogP contribution in [0.25, 0.3) is 77.3 Å². The van der Waals surface area contributed by atoms with Gasteiger partial charge in [-0.3, -0.25) is 9.78 Å². The molecule has 1 aliphatic heterocycles. The van der Waals surface area contributed by atoms with Crippen molar-refractivity contribution in [3.63, 3.8) is 0 Å². The highest BCUT2D eigenvalue weighted by atomic mass is 17.2. The lowest BCUT2D eigenvalue weighted by molar-refractivity contribution is -0.102. The van der Waals surface area contributed by atoms with Crippen LogP contribution >= 0.6 is 0 Å². The minimum Gasteiger partial charge on any atom is -0.456 e. The standard InChI is InChI=1S/C36H20O4/c1-3-9-30-25(6-1)27-18-21(12-15-32(27)37-30)22-13-16-33-28(19-22)29-20-23(14-17-34(29)40-39-33)24-8-5-11-35-36(24)26-7-2-4-10-31(26)38-35/h1-20H. The lowest BCUT2D eigenvalue weighted by Gasteiger charge is -2.21. The minimum absolute atomic E-state index is 0.689. The number of benzene rings is 6. The Morgan fingerprint density at radius 1 is 0.350 bits per heavy atom. The quantitative estimate of drug-likeness (QED) is 0.214. The summed E-state index contributed by atoms with van der Waals surface area (Å²) in [6.45, 7) is 0. The van der Waals surface area contributed by atoms with Crippen molar-refractivity contribution in [1.29, 1.82) is 0 Å². The molecule has 0 aliphatic carbocycles. The smallest absolute Gasteiger partial charge is 0.186 e. The average Bonchev–Trinajstić information content (AvgIpc) is 3.58.